The summed E-state index contributed by atoms with van der Waals surface area (Å²) in [5.74, 6) is 0.944. The van der Waals surface area contributed by atoms with Gasteiger partial charge in [0, 0.05) is 6.54 Å². The fourth-order valence-electron chi connectivity index (χ4n) is 1.21. The highest BCUT2D eigenvalue weighted by Gasteiger charge is 2.12. The van der Waals surface area contributed by atoms with Crippen LogP contribution in [0.5, 0.6) is 0 Å². The number of hydrogen-bond donors (Lipinski definition) is 1. The maximum Gasteiger partial charge on any atom is 0.0224 e. The Bertz CT molecular complexity index is 55.4. The Labute approximate surface area is 51.5 Å². The van der Waals surface area contributed by atoms with Gasteiger partial charge >= 0.3 is 0 Å². The molecular formula is C7H14N. The molecule has 1 aliphatic heterocycles. The van der Waals surface area contributed by atoms with Crippen LogP contribution in [0.4, 0.5) is 0 Å². The minimum absolute atomic E-state index is 0.944. The van der Waals surface area contributed by atoms with E-state index in [1.807, 2.05) is 0 Å². The van der Waals surface area contributed by atoms with E-state index in [0.717, 1.165) is 5.92 Å². The monoisotopic (exact) mass is 112 g/mol. The zero-order chi connectivity index (χ0) is 5.82. The Morgan fingerprint density at radius 3 is 3.12 bits per heavy atom. The lowest BCUT2D eigenvalue weighted by Crippen LogP contribution is -2.06. The van der Waals surface area contributed by atoms with Crippen molar-refractivity contribution in [2.75, 3.05) is 6.54 Å². The van der Waals surface area contributed by atoms with Crippen molar-refractivity contribution in [1.82, 2.24) is 5.32 Å². The first-order valence-electron chi connectivity index (χ1n) is 3.48. The van der Waals surface area contributed by atoms with Gasteiger partial charge in [0.1, 0.15) is 0 Å². The smallest absolute Gasteiger partial charge is 0.0224 e. The topological polar surface area (TPSA) is 12.0 Å². The van der Waals surface area contributed by atoms with Gasteiger partial charge in [0.2, 0.25) is 0 Å². The molecule has 0 aromatic carbocycles. The summed E-state index contributed by atoms with van der Waals surface area (Å²) in [6, 6.07) is 0. The fourth-order valence-corrected chi connectivity index (χ4v) is 1.21. The van der Waals surface area contributed by atoms with Crippen molar-refractivity contribution in [1.29, 1.82) is 0 Å². The summed E-state index contributed by atoms with van der Waals surface area (Å²) in [6.07, 6.45) is 4.01. The van der Waals surface area contributed by atoms with Crippen molar-refractivity contribution < 1.29 is 0 Å². The first-order valence-corrected chi connectivity index (χ1v) is 3.48. The number of nitrogens with one attached hydrogen (secondary N) is 1. The second kappa shape index (κ2) is 3.08. The Morgan fingerprint density at radius 1 is 1.75 bits per heavy atom. The molecule has 0 aromatic rings. The van der Waals surface area contributed by atoms with Crippen molar-refractivity contribution in [2.24, 2.45) is 5.92 Å². The SMILES string of the molecule is CCCC1C[CH]NC1. The summed E-state index contributed by atoms with van der Waals surface area (Å²) in [7, 11) is 0. The van der Waals surface area contributed by atoms with Crippen LogP contribution in [-0.4, -0.2) is 6.54 Å². The minimum atomic E-state index is 0.944. The lowest BCUT2D eigenvalue weighted by Gasteiger charge is -2.02. The van der Waals surface area contributed by atoms with Crippen molar-refractivity contribution in [2.45, 2.75) is 26.2 Å². The summed E-state index contributed by atoms with van der Waals surface area (Å²) >= 11 is 0. The predicted molar refractivity (Wildman–Crippen MR) is 35.3 cm³/mol. The van der Waals surface area contributed by atoms with Crippen LogP contribution in [0.15, 0.2) is 0 Å². The molecule has 1 atom stereocenters. The molecule has 0 amide bonds. The molecule has 1 N–H and O–H groups in total. The molecule has 0 aliphatic carbocycles. The first-order chi connectivity index (χ1) is 3.93. The van der Waals surface area contributed by atoms with Gasteiger partial charge in [-0.1, -0.05) is 13.3 Å². The van der Waals surface area contributed by atoms with Crippen LogP contribution in [0, 0.1) is 12.5 Å². The van der Waals surface area contributed by atoms with E-state index in [4.69, 9.17) is 0 Å². The van der Waals surface area contributed by atoms with Crippen LogP contribution in [-0.2, 0) is 0 Å². The third-order valence-corrected chi connectivity index (χ3v) is 1.70. The van der Waals surface area contributed by atoms with E-state index in [1.165, 1.54) is 25.8 Å². The van der Waals surface area contributed by atoms with Crippen molar-refractivity contribution in [3.63, 3.8) is 0 Å². The Morgan fingerprint density at radius 2 is 2.62 bits per heavy atom. The molecule has 1 nitrogen and oxygen atoms in total. The lowest BCUT2D eigenvalue weighted by atomic mass is 10.0. The van der Waals surface area contributed by atoms with Gasteiger partial charge in [0.05, 0.1) is 0 Å². The van der Waals surface area contributed by atoms with E-state index in [2.05, 4.69) is 18.8 Å². The van der Waals surface area contributed by atoms with Gasteiger partial charge in [-0.3, -0.25) is 0 Å². The maximum absolute atomic E-state index is 3.23. The summed E-state index contributed by atoms with van der Waals surface area (Å²) in [5, 5.41) is 3.23. The number of hydrogen-bond acceptors (Lipinski definition) is 1. The Hall–Kier alpha value is -0.0400. The van der Waals surface area contributed by atoms with Gasteiger partial charge in [-0.05, 0) is 25.3 Å². The van der Waals surface area contributed by atoms with E-state index in [1.54, 1.807) is 0 Å². The van der Waals surface area contributed by atoms with Crippen LogP contribution in [0.3, 0.4) is 0 Å². The maximum atomic E-state index is 3.23. The van der Waals surface area contributed by atoms with Crippen LogP contribution < -0.4 is 5.32 Å². The largest absolute Gasteiger partial charge is 0.312 e. The zero-order valence-corrected chi connectivity index (χ0v) is 5.48. The normalized spacial score (nSPS) is 28.9. The summed E-state index contributed by atoms with van der Waals surface area (Å²) in [5.41, 5.74) is 0. The predicted octanol–water partition coefficient (Wildman–Crippen LogP) is 1.56. The molecule has 1 fully saturated rings. The highest BCUT2D eigenvalue weighted by molar-refractivity contribution is 4.78. The van der Waals surface area contributed by atoms with Crippen molar-refractivity contribution >= 4 is 0 Å². The molecule has 47 valence electrons. The molecule has 1 saturated heterocycles. The molecule has 0 bridgehead atoms. The van der Waals surface area contributed by atoms with Gasteiger partial charge in [-0.2, -0.15) is 0 Å². The molecule has 0 saturated carbocycles. The molecule has 1 radical (unpaired) electrons. The molecule has 1 rings (SSSR count). The lowest BCUT2D eigenvalue weighted by molar-refractivity contribution is 0.527. The van der Waals surface area contributed by atoms with Gasteiger partial charge < -0.3 is 5.32 Å². The second-order valence-corrected chi connectivity index (χ2v) is 2.50. The Kier molecular flexibility index (Phi) is 2.34. The third-order valence-electron chi connectivity index (χ3n) is 1.70. The fraction of sp³-hybridized carbons (Fsp3) is 0.857. The molecule has 1 heterocycles. The van der Waals surface area contributed by atoms with Crippen LogP contribution >= 0.6 is 0 Å². The van der Waals surface area contributed by atoms with E-state index in [0.29, 0.717) is 0 Å². The number of rotatable bonds is 2. The molecule has 1 heteroatoms. The molecule has 0 aromatic heterocycles. The highest BCUT2D eigenvalue weighted by atomic mass is 14.9. The average Bonchev–Trinajstić information content (AvgIpc) is 2.19. The molecular weight excluding hydrogens is 98.1 g/mol. The third kappa shape index (κ3) is 1.48. The standard InChI is InChI=1S/C7H14N/c1-2-3-7-4-5-8-6-7/h5,7-8H,2-4,6H2,1H3. The van der Waals surface area contributed by atoms with Crippen LogP contribution in [0.2, 0.25) is 0 Å². The molecule has 0 spiro atoms. The van der Waals surface area contributed by atoms with Crippen LogP contribution in [0.1, 0.15) is 26.2 Å². The summed E-state index contributed by atoms with van der Waals surface area (Å²) in [4.78, 5) is 0. The summed E-state index contributed by atoms with van der Waals surface area (Å²) in [6.45, 7) is 5.65. The zero-order valence-electron chi connectivity index (χ0n) is 5.48. The quantitative estimate of drug-likeness (QED) is 0.571. The van der Waals surface area contributed by atoms with Gasteiger partial charge in [0.15, 0.2) is 0 Å². The second-order valence-electron chi connectivity index (χ2n) is 2.50. The van der Waals surface area contributed by atoms with E-state index >= 15 is 0 Å². The first kappa shape index (κ1) is 6.09. The molecule has 1 aliphatic rings. The van der Waals surface area contributed by atoms with Crippen LogP contribution in [0.25, 0.3) is 0 Å². The Balaban J connectivity index is 2.06. The van der Waals surface area contributed by atoms with E-state index < -0.39 is 0 Å². The minimum Gasteiger partial charge on any atom is -0.312 e. The van der Waals surface area contributed by atoms with Gasteiger partial charge in [-0.15, -0.1) is 0 Å². The van der Waals surface area contributed by atoms with Gasteiger partial charge in [0.25, 0.3) is 0 Å². The van der Waals surface area contributed by atoms with Gasteiger partial charge in [-0.25, -0.2) is 0 Å². The van der Waals surface area contributed by atoms with Crippen molar-refractivity contribution in [3.05, 3.63) is 6.54 Å². The summed E-state index contributed by atoms with van der Waals surface area (Å²) < 4.78 is 0. The average molecular weight is 112 g/mol. The van der Waals surface area contributed by atoms with Crippen molar-refractivity contribution in [3.8, 4) is 0 Å². The molecule has 1 unspecified atom stereocenters. The highest BCUT2D eigenvalue weighted by Crippen LogP contribution is 2.15. The van der Waals surface area contributed by atoms with E-state index in [9.17, 15) is 0 Å². The van der Waals surface area contributed by atoms with E-state index in [-0.39, 0.29) is 0 Å². The molecule has 8 heavy (non-hydrogen) atoms.